The fraction of sp³-hybridized carbons (Fsp3) is 0.278. The van der Waals surface area contributed by atoms with Crippen molar-refractivity contribution in [3.63, 3.8) is 0 Å². The van der Waals surface area contributed by atoms with Gasteiger partial charge in [0.25, 0.3) is 5.91 Å². The minimum absolute atomic E-state index is 0.277. The molecule has 1 aliphatic heterocycles. The van der Waals surface area contributed by atoms with Crippen LogP contribution in [0.3, 0.4) is 0 Å². The first-order chi connectivity index (χ1) is 12.4. The van der Waals surface area contributed by atoms with Crippen LogP contribution in [0.4, 0.5) is 10.5 Å². The third kappa shape index (κ3) is 3.59. The number of para-hydroxylation sites is 1. The molecule has 1 saturated heterocycles. The molecule has 3 rings (SSSR count). The normalized spacial score (nSPS) is 17.1. The number of urea groups is 1. The topological polar surface area (TPSA) is 60.9 Å². The van der Waals surface area contributed by atoms with Crippen molar-refractivity contribution in [2.24, 2.45) is 0 Å². The third-order valence-electron chi connectivity index (χ3n) is 4.22. The molecule has 136 valence electrons. The lowest BCUT2D eigenvalue weighted by Crippen LogP contribution is -2.42. The number of rotatable bonds is 5. The van der Waals surface area contributed by atoms with Crippen LogP contribution in [0.1, 0.15) is 11.8 Å². The Morgan fingerprint density at radius 3 is 2.50 bits per heavy atom. The van der Waals surface area contributed by atoms with E-state index in [4.69, 9.17) is 11.6 Å². The highest BCUT2D eigenvalue weighted by atomic mass is 35.5. The monoisotopic (exact) mass is 391 g/mol. The van der Waals surface area contributed by atoms with Gasteiger partial charge in [0.05, 0.1) is 10.9 Å². The molecule has 0 N–H and O–H groups in total. The molecular weight excluding hydrogens is 374 g/mol. The van der Waals surface area contributed by atoms with Gasteiger partial charge in [-0.15, -0.1) is 11.3 Å². The maximum Gasteiger partial charge on any atom is 0.332 e. The van der Waals surface area contributed by atoms with Crippen molar-refractivity contribution in [3.8, 4) is 0 Å². The number of hydrogen-bond donors (Lipinski definition) is 0. The van der Waals surface area contributed by atoms with Crippen molar-refractivity contribution in [1.29, 1.82) is 0 Å². The van der Waals surface area contributed by atoms with Gasteiger partial charge in [-0.05, 0) is 31.2 Å². The molecule has 0 bridgehead atoms. The van der Waals surface area contributed by atoms with Gasteiger partial charge in [-0.25, -0.2) is 4.79 Å². The van der Waals surface area contributed by atoms with Crippen LogP contribution >= 0.6 is 22.9 Å². The standard InChI is InChI=1S/C18H18ClN3O3S/c1-12-17(24)21(18(25)22(12)13-6-4-3-5-7-13)11-16(23)20(2)10-14-8-9-15(19)26-14/h3-9,12H,10-11H2,1-2H3. The number of imide groups is 1. The number of halogens is 1. The Bertz CT molecular complexity index is 839. The molecule has 1 aromatic carbocycles. The minimum Gasteiger partial charge on any atom is -0.339 e. The van der Waals surface area contributed by atoms with Gasteiger partial charge in [0.1, 0.15) is 12.6 Å². The molecule has 2 heterocycles. The molecule has 6 nitrogen and oxygen atoms in total. The number of anilines is 1. The Labute approximate surface area is 160 Å². The summed E-state index contributed by atoms with van der Waals surface area (Å²) in [6.45, 7) is 1.76. The molecule has 1 unspecified atom stereocenters. The second-order valence-corrected chi connectivity index (χ2v) is 7.84. The summed E-state index contributed by atoms with van der Waals surface area (Å²) in [5.74, 6) is -0.682. The third-order valence-corrected chi connectivity index (χ3v) is 5.44. The highest BCUT2D eigenvalue weighted by molar-refractivity contribution is 7.16. The summed E-state index contributed by atoms with van der Waals surface area (Å²) in [7, 11) is 1.64. The van der Waals surface area contributed by atoms with E-state index in [1.165, 1.54) is 21.1 Å². The van der Waals surface area contributed by atoms with Gasteiger partial charge < -0.3 is 4.90 Å². The summed E-state index contributed by atoms with van der Waals surface area (Å²) in [6, 6.07) is 11.5. The van der Waals surface area contributed by atoms with Gasteiger partial charge in [-0.3, -0.25) is 19.4 Å². The van der Waals surface area contributed by atoms with Crippen LogP contribution in [0, 0.1) is 0 Å². The van der Waals surface area contributed by atoms with Crippen LogP contribution in [-0.4, -0.2) is 47.3 Å². The van der Waals surface area contributed by atoms with Crippen molar-refractivity contribution in [2.45, 2.75) is 19.5 Å². The van der Waals surface area contributed by atoms with E-state index in [1.54, 1.807) is 44.3 Å². The summed E-state index contributed by atoms with van der Waals surface area (Å²) in [5, 5.41) is 0. The van der Waals surface area contributed by atoms with E-state index in [9.17, 15) is 14.4 Å². The van der Waals surface area contributed by atoms with Crippen molar-refractivity contribution in [3.05, 3.63) is 51.7 Å². The van der Waals surface area contributed by atoms with Crippen LogP contribution in [0.25, 0.3) is 0 Å². The van der Waals surface area contributed by atoms with E-state index >= 15 is 0 Å². The molecule has 4 amide bonds. The van der Waals surface area contributed by atoms with Crippen molar-refractivity contribution in [1.82, 2.24) is 9.80 Å². The van der Waals surface area contributed by atoms with Crippen LogP contribution in [0.2, 0.25) is 4.34 Å². The lowest BCUT2D eigenvalue weighted by Gasteiger charge is -2.21. The Morgan fingerprint density at radius 1 is 1.19 bits per heavy atom. The van der Waals surface area contributed by atoms with E-state index < -0.39 is 12.1 Å². The van der Waals surface area contributed by atoms with Crippen LogP contribution in [0.5, 0.6) is 0 Å². The predicted octanol–water partition coefficient (Wildman–Crippen LogP) is 3.22. The first-order valence-electron chi connectivity index (χ1n) is 8.06. The zero-order valence-electron chi connectivity index (χ0n) is 14.4. The zero-order chi connectivity index (χ0) is 18.8. The van der Waals surface area contributed by atoms with Crippen LogP contribution in [-0.2, 0) is 16.1 Å². The Kier molecular flexibility index (Phi) is 5.29. The number of thiophene rings is 1. The van der Waals surface area contributed by atoms with E-state index in [0.29, 0.717) is 16.6 Å². The minimum atomic E-state index is -0.640. The number of amides is 4. The second-order valence-electron chi connectivity index (χ2n) is 6.04. The number of carbonyl (C=O) groups excluding carboxylic acids is 3. The van der Waals surface area contributed by atoms with Gasteiger partial charge in [-0.1, -0.05) is 29.8 Å². The molecule has 0 aliphatic carbocycles. The average Bonchev–Trinajstić information content (AvgIpc) is 3.12. The van der Waals surface area contributed by atoms with Gasteiger partial charge in [0, 0.05) is 17.6 Å². The SMILES string of the molecule is CC1C(=O)N(CC(=O)N(C)Cc2ccc(Cl)s2)C(=O)N1c1ccccc1. The Morgan fingerprint density at radius 2 is 1.88 bits per heavy atom. The molecule has 1 aliphatic rings. The molecule has 0 saturated carbocycles. The van der Waals surface area contributed by atoms with E-state index in [0.717, 1.165) is 9.78 Å². The molecule has 26 heavy (non-hydrogen) atoms. The van der Waals surface area contributed by atoms with Gasteiger partial charge >= 0.3 is 6.03 Å². The lowest BCUT2D eigenvalue weighted by molar-refractivity contribution is -0.136. The van der Waals surface area contributed by atoms with Crippen molar-refractivity contribution < 1.29 is 14.4 Å². The fourth-order valence-electron chi connectivity index (χ4n) is 2.81. The molecule has 0 radical (unpaired) electrons. The van der Waals surface area contributed by atoms with Crippen molar-refractivity contribution >= 4 is 46.5 Å². The first-order valence-corrected chi connectivity index (χ1v) is 9.25. The number of likely N-dealkylation sites (N-methyl/N-ethyl adjacent to an activating group) is 1. The van der Waals surface area contributed by atoms with E-state index in [2.05, 4.69) is 0 Å². The van der Waals surface area contributed by atoms with Gasteiger partial charge in [0.15, 0.2) is 0 Å². The summed E-state index contributed by atoms with van der Waals surface area (Å²) in [5.41, 5.74) is 0.634. The Hall–Kier alpha value is -2.38. The number of nitrogens with zero attached hydrogens (tertiary/aromatic N) is 3. The highest BCUT2D eigenvalue weighted by Crippen LogP contribution is 2.26. The predicted molar refractivity (Wildman–Crippen MR) is 101 cm³/mol. The van der Waals surface area contributed by atoms with Gasteiger partial charge in [0.2, 0.25) is 5.91 Å². The maximum absolute atomic E-state index is 12.7. The second kappa shape index (κ2) is 7.47. The zero-order valence-corrected chi connectivity index (χ0v) is 16.0. The molecule has 2 aromatic rings. The smallest absolute Gasteiger partial charge is 0.332 e. The first kappa shape index (κ1) is 18.4. The van der Waals surface area contributed by atoms with Crippen molar-refractivity contribution in [2.75, 3.05) is 18.5 Å². The van der Waals surface area contributed by atoms with E-state index in [1.807, 2.05) is 12.1 Å². The molecule has 1 aromatic heterocycles. The van der Waals surface area contributed by atoms with Crippen LogP contribution < -0.4 is 4.90 Å². The lowest BCUT2D eigenvalue weighted by atomic mass is 10.2. The summed E-state index contributed by atoms with van der Waals surface area (Å²) in [4.78, 5) is 42.5. The van der Waals surface area contributed by atoms with Gasteiger partial charge in [-0.2, -0.15) is 0 Å². The number of benzene rings is 1. The summed E-state index contributed by atoms with van der Waals surface area (Å²) >= 11 is 7.29. The molecule has 8 heteroatoms. The number of hydrogen-bond acceptors (Lipinski definition) is 4. The largest absolute Gasteiger partial charge is 0.339 e. The molecule has 1 fully saturated rings. The molecular formula is C18H18ClN3O3S. The van der Waals surface area contributed by atoms with E-state index in [-0.39, 0.29) is 18.4 Å². The number of carbonyl (C=O) groups is 3. The highest BCUT2D eigenvalue weighted by Gasteiger charge is 2.44. The summed E-state index contributed by atoms with van der Waals surface area (Å²) in [6.07, 6.45) is 0. The average molecular weight is 392 g/mol. The molecule has 1 atom stereocenters. The Balaban J connectivity index is 1.70. The quantitative estimate of drug-likeness (QED) is 0.735. The fourth-order valence-corrected chi connectivity index (χ4v) is 3.95. The maximum atomic E-state index is 12.7. The molecule has 0 spiro atoms. The van der Waals surface area contributed by atoms with Crippen LogP contribution in [0.15, 0.2) is 42.5 Å². The summed E-state index contributed by atoms with van der Waals surface area (Å²) < 4.78 is 0.651.